The van der Waals surface area contributed by atoms with E-state index in [1.807, 2.05) is 18.7 Å². The van der Waals surface area contributed by atoms with Crippen LogP contribution in [0.1, 0.15) is 23.4 Å². The van der Waals surface area contributed by atoms with Crippen molar-refractivity contribution < 1.29 is 0 Å². The fourth-order valence-corrected chi connectivity index (χ4v) is 1.51. The standard InChI is InChI=1S/C10H20N4/c1-8-10(7-12-6-4-5-11)9(2)14(3)13-8/h12H,4-7,11H2,1-3H3. The first-order chi connectivity index (χ1) is 6.66. The van der Waals surface area contributed by atoms with Gasteiger partial charge in [0.2, 0.25) is 0 Å². The first kappa shape index (κ1) is 11.2. The van der Waals surface area contributed by atoms with E-state index in [1.54, 1.807) is 0 Å². The third-order valence-electron chi connectivity index (χ3n) is 2.52. The van der Waals surface area contributed by atoms with Gasteiger partial charge in [-0.3, -0.25) is 4.68 Å². The summed E-state index contributed by atoms with van der Waals surface area (Å²) in [6.07, 6.45) is 1.03. The Bertz CT molecular complexity index is 291. The van der Waals surface area contributed by atoms with Gasteiger partial charge < -0.3 is 11.1 Å². The van der Waals surface area contributed by atoms with Gasteiger partial charge in [0.1, 0.15) is 0 Å². The molecule has 1 rings (SSSR count). The molecule has 14 heavy (non-hydrogen) atoms. The minimum atomic E-state index is 0.748. The number of rotatable bonds is 5. The molecule has 4 heteroatoms. The topological polar surface area (TPSA) is 55.9 Å². The van der Waals surface area contributed by atoms with Gasteiger partial charge in [-0.2, -0.15) is 5.10 Å². The highest BCUT2D eigenvalue weighted by atomic mass is 15.3. The summed E-state index contributed by atoms with van der Waals surface area (Å²) in [6.45, 7) is 6.76. The number of nitrogens with two attached hydrogens (primary N) is 1. The normalized spacial score (nSPS) is 10.9. The quantitative estimate of drug-likeness (QED) is 0.673. The summed E-state index contributed by atoms with van der Waals surface area (Å²) in [5, 5.41) is 7.73. The van der Waals surface area contributed by atoms with E-state index in [0.29, 0.717) is 0 Å². The molecular weight excluding hydrogens is 176 g/mol. The van der Waals surface area contributed by atoms with Crippen molar-refractivity contribution >= 4 is 0 Å². The molecule has 80 valence electrons. The molecular formula is C10H20N4. The summed E-state index contributed by atoms with van der Waals surface area (Å²) < 4.78 is 1.93. The van der Waals surface area contributed by atoms with E-state index < -0.39 is 0 Å². The molecule has 1 aromatic rings. The smallest absolute Gasteiger partial charge is 0.0641 e. The predicted molar refractivity (Wildman–Crippen MR) is 58.1 cm³/mol. The Morgan fingerprint density at radius 3 is 2.64 bits per heavy atom. The first-order valence-electron chi connectivity index (χ1n) is 5.06. The van der Waals surface area contributed by atoms with Crippen LogP contribution in [0.4, 0.5) is 0 Å². The molecule has 1 aromatic heterocycles. The number of hydrogen-bond donors (Lipinski definition) is 2. The van der Waals surface area contributed by atoms with Crippen molar-refractivity contribution in [1.82, 2.24) is 15.1 Å². The number of nitrogens with one attached hydrogen (secondary N) is 1. The average Bonchev–Trinajstić information content (AvgIpc) is 2.38. The highest BCUT2D eigenvalue weighted by Gasteiger charge is 2.07. The largest absolute Gasteiger partial charge is 0.330 e. The Morgan fingerprint density at radius 2 is 2.14 bits per heavy atom. The molecule has 0 aliphatic carbocycles. The zero-order chi connectivity index (χ0) is 10.6. The molecule has 3 N–H and O–H groups in total. The minimum absolute atomic E-state index is 0.748. The maximum absolute atomic E-state index is 5.42. The minimum Gasteiger partial charge on any atom is -0.330 e. The molecule has 0 aliphatic rings. The lowest BCUT2D eigenvalue weighted by Crippen LogP contribution is -2.18. The van der Waals surface area contributed by atoms with Crippen LogP contribution in [-0.2, 0) is 13.6 Å². The lowest BCUT2D eigenvalue weighted by atomic mass is 10.2. The molecule has 0 fully saturated rings. The Kier molecular flexibility index (Phi) is 4.10. The van der Waals surface area contributed by atoms with Crippen molar-refractivity contribution in [3.05, 3.63) is 17.0 Å². The molecule has 0 radical (unpaired) electrons. The van der Waals surface area contributed by atoms with Gasteiger partial charge in [0.15, 0.2) is 0 Å². The number of nitrogens with zero attached hydrogens (tertiary/aromatic N) is 2. The average molecular weight is 196 g/mol. The van der Waals surface area contributed by atoms with Gasteiger partial charge in [0, 0.05) is 24.8 Å². The molecule has 0 saturated carbocycles. The zero-order valence-corrected chi connectivity index (χ0v) is 9.30. The van der Waals surface area contributed by atoms with E-state index in [-0.39, 0.29) is 0 Å². The summed E-state index contributed by atoms with van der Waals surface area (Å²) in [7, 11) is 1.98. The summed E-state index contributed by atoms with van der Waals surface area (Å²) in [4.78, 5) is 0. The second-order valence-corrected chi connectivity index (χ2v) is 3.59. The molecule has 0 aliphatic heterocycles. The van der Waals surface area contributed by atoms with Crippen LogP contribution in [0.2, 0.25) is 0 Å². The molecule has 0 saturated heterocycles. The van der Waals surface area contributed by atoms with Gasteiger partial charge in [-0.25, -0.2) is 0 Å². The number of aromatic nitrogens is 2. The Balaban J connectivity index is 2.49. The van der Waals surface area contributed by atoms with E-state index >= 15 is 0 Å². The molecule has 0 atom stereocenters. The molecule has 0 amide bonds. The predicted octanol–water partition coefficient (Wildman–Crippen LogP) is 0.475. The highest BCUT2D eigenvalue weighted by Crippen LogP contribution is 2.10. The maximum atomic E-state index is 5.42. The lowest BCUT2D eigenvalue weighted by molar-refractivity contribution is 0.650. The fraction of sp³-hybridized carbons (Fsp3) is 0.700. The van der Waals surface area contributed by atoms with Crippen molar-refractivity contribution in [2.24, 2.45) is 12.8 Å². The summed E-state index contributed by atoms with van der Waals surface area (Å²) >= 11 is 0. The van der Waals surface area contributed by atoms with Crippen LogP contribution in [-0.4, -0.2) is 22.9 Å². The van der Waals surface area contributed by atoms with Gasteiger partial charge in [0.25, 0.3) is 0 Å². The van der Waals surface area contributed by atoms with Crippen LogP contribution in [0.5, 0.6) is 0 Å². The van der Waals surface area contributed by atoms with Gasteiger partial charge in [-0.15, -0.1) is 0 Å². The second kappa shape index (κ2) is 5.12. The lowest BCUT2D eigenvalue weighted by Gasteiger charge is -2.04. The number of aryl methyl sites for hydroxylation is 2. The first-order valence-corrected chi connectivity index (χ1v) is 5.06. The Hall–Kier alpha value is -0.870. The van der Waals surface area contributed by atoms with Crippen molar-refractivity contribution in [2.45, 2.75) is 26.8 Å². The SMILES string of the molecule is Cc1nn(C)c(C)c1CNCCCN. The van der Waals surface area contributed by atoms with E-state index in [1.165, 1.54) is 11.3 Å². The van der Waals surface area contributed by atoms with E-state index in [2.05, 4.69) is 17.3 Å². The second-order valence-electron chi connectivity index (χ2n) is 3.59. The van der Waals surface area contributed by atoms with E-state index in [9.17, 15) is 0 Å². The van der Waals surface area contributed by atoms with E-state index in [0.717, 1.165) is 31.7 Å². The molecule has 1 heterocycles. The molecule has 0 spiro atoms. The Morgan fingerprint density at radius 1 is 1.43 bits per heavy atom. The van der Waals surface area contributed by atoms with Crippen molar-refractivity contribution in [1.29, 1.82) is 0 Å². The van der Waals surface area contributed by atoms with Crippen LogP contribution < -0.4 is 11.1 Å². The van der Waals surface area contributed by atoms with Crippen LogP contribution >= 0.6 is 0 Å². The summed E-state index contributed by atoms with van der Waals surface area (Å²) in [5.74, 6) is 0. The molecule has 0 unspecified atom stereocenters. The number of hydrogen-bond acceptors (Lipinski definition) is 3. The van der Waals surface area contributed by atoms with Gasteiger partial charge in [0.05, 0.1) is 5.69 Å². The zero-order valence-electron chi connectivity index (χ0n) is 9.30. The van der Waals surface area contributed by atoms with Crippen molar-refractivity contribution in [3.63, 3.8) is 0 Å². The van der Waals surface area contributed by atoms with Crippen molar-refractivity contribution in [2.75, 3.05) is 13.1 Å². The van der Waals surface area contributed by atoms with Crippen molar-refractivity contribution in [3.8, 4) is 0 Å². The summed E-state index contributed by atoms with van der Waals surface area (Å²) in [6, 6.07) is 0. The third kappa shape index (κ3) is 2.56. The van der Waals surface area contributed by atoms with E-state index in [4.69, 9.17) is 5.73 Å². The van der Waals surface area contributed by atoms with Gasteiger partial charge >= 0.3 is 0 Å². The monoisotopic (exact) mass is 196 g/mol. The Labute approximate surface area is 85.5 Å². The van der Waals surface area contributed by atoms with Gasteiger partial charge in [-0.1, -0.05) is 0 Å². The molecule has 4 nitrogen and oxygen atoms in total. The van der Waals surface area contributed by atoms with Crippen LogP contribution in [0.3, 0.4) is 0 Å². The molecule has 0 aromatic carbocycles. The summed E-state index contributed by atoms with van der Waals surface area (Å²) in [5.41, 5.74) is 9.08. The van der Waals surface area contributed by atoms with Gasteiger partial charge in [-0.05, 0) is 33.4 Å². The maximum Gasteiger partial charge on any atom is 0.0641 e. The fourth-order valence-electron chi connectivity index (χ4n) is 1.51. The van der Waals surface area contributed by atoms with Crippen LogP contribution in [0, 0.1) is 13.8 Å². The molecule has 0 bridgehead atoms. The van der Waals surface area contributed by atoms with Crippen LogP contribution in [0.15, 0.2) is 0 Å². The third-order valence-corrected chi connectivity index (χ3v) is 2.52. The van der Waals surface area contributed by atoms with Crippen LogP contribution in [0.25, 0.3) is 0 Å². The highest BCUT2D eigenvalue weighted by molar-refractivity contribution is 5.23.